The topological polar surface area (TPSA) is 66.8 Å². The SMILES string of the molecule is CCC(C(=O)O)[C@@H]1CCC(C)(C)N1C(=O)OC(C)(C)C. The van der Waals surface area contributed by atoms with E-state index in [1.807, 2.05) is 41.5 Å². The predicted molar refractivity (Wildman–Crippen MR) is 76.6 cm³/mol. The average molecular weight is 285 g/mol. The second-order valence-electron chi connectivity index (χ2n) is 7.12. The quantitative estimate of drug-likeness (QED) is 0.864. The summed E-state index contributed by atoms with van der Waals surface area (Å²) >= 11 is 0. The van der Waals surface area contributed by atoms with E-state index in [-0.39, 0.29) is 11.6 Å². The van der Waals surface area contributed by atoms with Gasteiger partial charge >= 0.3 is 12.1 Å². The van der Waals surface area contributed by atoms with Crippen molar-refractivity contribution in [2.45, 2.75) is 78.0 Å². The number of aliphatic carboxylic acids is 1. The van der Waals surface area contributed by atoms with Crippen LogP contribution in [0, 0.1) is 5.92 Å². The van der Waals surface area contributed by atoms with Gasteiger partial charge in [-0.25, -0.2) is 4.79 Å². The lowest BCUT2D eigenvalue weighted by Crippen LogP contribution is -2.52. The van der Waals surface area contributed by atoms with Crippen LogP contribution in [0.3, 0.4) is 0 Å². The van der Waals surface area contributed by atoms with Crippen LogP contribution in [0.25, 0.3) is 0 Å². The van der Waals surface area contributed by atoms with Crippen LogP contribution in [0.5, 0.6) is 0 Å². The van der Waals surface area contributed by atoms with Crippen molar-refractivity contribution in [3.8, 4) is 0 Å². The van der Waals surface area contributed by atoms with Crippen molar-refractivity contribution in [1.29, 1.82) is 0 Å². The van der Waals surface area contributed by atoms with E-state index in [9.17, 15) is 14.7 Å². The van der Waals surface area contributed by atoms with E-state index in [1.54, 1.807) is 4.90 Å². The van der Waals surface area contributed by atoms with Crippen molar-refractivity contribution in [1.82, 2.24) is 4.90 Å². The molecule has 20 heavy (non-hydrogen) atoms. The van der Waals surface area contributed by atoms with E-state index in [0.29, 0.717) is 12.8 Å². The van der Waals surface area contributed by atoms with Gasteiger partial charge in [-0.1, -0.05) is 6.92 Å². The molecule has 1 heterocycles. The summed E-state index contributed by atoms with van der Waals surface area (Å²) in [6.07, 6.45) is 1.59. The highest BCUT2D eigenvalue weighted by Crippen LogP contribution is 2.38. The van der Waals surface area contributed by atoms with Gasteiger partial charge in [0.05, 0.1) is 5.92 Å². The molecule has 0 aliphatic carbocycles. The Bertz CT molecular complexity index is 384. The number of rotatable bonds is 3. The standard InChI is InChI=1S/C15H27NO4/c1-7-10(12(17)18)11-8-9-15(5,6)16(11)13(19)20-14(2,3)4/h10-11H,7-9H2,1-6H3,(H,17,18)/t10?,11-/m0/s1. The predicted octanol–water partition coefficient (Wildman–Crippen LogP) is 3.28. The van der Waals surface area contributed by atoms with Gasteiger partial charge in [-0.05, 0) is 53.9 Å². The van der Waals surface area contributed by atoms with Crippen molar-refractivity contribution in [2.75, 3.05) is 0 Å². The molecule has 1 fully saturated rings. The monoisotopic (exact) mass is 285 g/mol. The third kappa shape index (κ3) is 3.64. The summed E-state index contributed by atoms with van der Waals surface area (Å²) in [4.78, 5) is 25.5. The molecule has 1 N–H and O–H groups in total. The van der Waals surface area contributed by atoms with Crippen molar-refractivity contribution >= 4 is 12.1 Å². The fourth-order valence-electron chi connectivity index (χ4n) is 2.89. The average Bonchev–Trinajstić information content (AvgIpc) is 2.52. The van der Waals surface area contributed by atoms with E-state index >= 15 is 0 Å². The summed E-state index contributed by atoms with van der Waals surface area (Å²) in [6, 6.07) is -0.289. The van der Waals surface area contributed by atoms with Crippen molar-refractivity contribution in [2.24, 2.45) is 5.92 Å². The highest BCUT2D eigenvalue weighted by atomic mass is 16.6. The molecule has 0 saturated carbocycles. The summed E-state index contributed by atoms with van der Waals surface area (Å²) in [5.74, 6) is -1.38. The van der Waals surface area contributed by atoms with Gasteiger partial charge in [-0.15, -0.1) is 0 Å². The molecule has 1 rings (SSSR count). The summed E-state index contributed by atoms with van der Waals surface area (Å²) in [5.41, 5.74) is -0.943. The van der Waals surface area contributed by atoms with Gasteiger partial charge in [0.2, 0.25) is 0 Å². The first kappa shape index (κ1) is 16.8. The Kier molecular flexibility index (Phi) is 4.72. The van der Waals surface area contributed by atoms with Crippen LogP contribution >= 0.6 is 0 Å². The smallest absolute Gasteiger partial charge is 0.411 e. The van der Waals surface area contributed by atoms with Gasteiger partial charge in [0.15, 0.2) is 0 Å². The number of carboxylic acids is 1. The molecular weight excluding hydrogens is 258 g/mol. The molecule has 0 spiro atoms. The highest BCUT2D eigenvalue weighted by Gasteiger charge is 2.48. The van der Waals surface area contributed by atoms with Gasteiger partial charge in [0.1, 0.15) is 5.60 Å². The molecule has 1 saturated heterocycles. The molecule has 5 nitrogen and oxygen atoms in total. The Morgan fingerprint density at radius 1 is 1.40 bits per heavy atom. The second kappa shape index (κ2) is 5.62. The van der Waals surface area contributed by atoms with Crippen LogP contribution in [0.1, 0.15) is 60.8 Å². The minimum atomic E-state index is -0.844. The molecule has 1 amide bonds. The van der Waals surface area contributed by atoms with E-state index in [0.717, 1.165) is 6.42 Å². The maximum atomic E-state index is 12.4. The maximum absolute atomic E-state index is 12.4. The number of hydrogen-bond donors (Lipinski definition) is 1. The first-order chi connectivity index (χ1) is 8.99. The third-order valence-electron chi connectivity index (χ3n) is 3.85. The maximum Gasteiger partial charge on any atom is 0.411 e. The van der Waals surface area contributed by atoms with Crippen LogP contribution in [0.15, 0.2) is 0 Å². The fraction of sp³-hybridized carbons (Fsp3) is 0.867. The molecule has 5 heteroatoms. The lowest BCUT2D eigenvalue weighted by Gasteiger charge is -2.38. The summed E-state index contributed by atoms with van der Waals surface area (Å²) in [5, 5.41) is 9.36. The number of carbonyl (C=O) groups is 2. The van der Waals surface area contributed by atoms with Crippen LogP contribution in [-0.4, -0.2) is 39.3 Å². The van der Waals surface area contributed by atoms with Crippen molar-refractivity contribution in [3.63, 3.8) is 0 Å². The van der Waals surface area contributed by atoms with Crippen LogP contribution in [0.2, 0.25) is 0 Å². The molecule has 116 valence electrons. The lowest BCUT2D eigenvalue weighted by molar-refractivity contribution is -0.144. The molecule has 1 aliphatic heterocycles. The minimum absolute atomic E-state index is 0.289. The molecule has 0 aromatic rings. The first-order valence-corrected chi connectivity index (χ1v) is 7.24. The zero-order valence-corrected chi connectivity index (χ0v) is 13.4. The Hall–Kier alpha value is -1.26. The van der Waals surface area contributed by atoms with E-state index in [1.165, 1.54) is 0 Å². The van der Waals surface area contributed by atoms with E-state index in [2.05, 4.69) is 0 Å². The summed E-state index contributed by atoms with van der Waals surface area (Å²) in [6.45, 7) is 11.2. The number of ether oxygens (including phenoxy) is 1. The van der Waals surface area contributed by atoms with E-state index in [4.69, 9.17) is 4.74 Å². The highest BCUT2D eigenvalue weighted by molar-refractivity contribution is 5.74. The van der Waals surface area contributed by atoms with Crippen LogP contribution < -0.4 is 0 Å². The number of hydrogen-bond acceptors (Lipinski definition) is 3. The van der Waals surface area contributed by atoms with Gasteiger partial charge in [-0.2, -0.15) is 0 Å². The normalized spacial score (nSPS) is 23.5. The molecule has 0 aromatic heterocycles. The Labute approximate surface area is 121 Å². The molecule has 1 unspecified atom stereocenters. The zero-order valence-electron chi connectivity index (χ0n) is 13.4. The van der Waals surface area contributed by atoms with Gasteiger partial charge in [0, 0.05) is 11.6 Å². The molecular formula is C15H27NO4. The van der Waals surface area contributed by atoms with Gasteiger partial charge in [-0.3, -0.25) is 9.69 Å². The van der Waals surface area contributed by atoms with Crippen molar-refractivity contribution in [3.05, 3.63) is 0 Å². The molecule has 0 aromatic carbocycles. The number of carboxylic acid groups (broad SMARTS) is 1. The Balaban J connectivity index is 3.02. The van der Waals surface area contributed by atoms with Gasteiger partial charge in [0.25, 0.3) is 0 Å². The first-order valence-electron chi connectivity index (χ1n) is 7.24. The largest absolute Gasteiger partial charge is 0.481 e. The van der Waals surface area contributed by atoms with Crippen LogP contribution in [-0.2, 0) is 9.53 Å². The van der Waals surface area contributed by atoms with Crippen molar-refractivity contribution < 1.29 is 19.4 Å². The number of amides is 1. The zero-order chi connectivity index (χ0) is 15.7. The molecule has 0 radical (unpaired) electrons. The lowest BCUT2D eigenvalue weighted by atomic mass is 9.95. The third-order valence-corrected chi connectivity index (χ3v) is 3.85. The Morgan fingerprint density at radius 3 is 2.35 bits per heavy atom. The number of carbonyl (C=O) groups excluding carboxylic acids is 1. The molecule has 2 atom stereocenters. The second-order valence-corrected chi connectivity index (χ2v) is 7.12. The Morgan fingerprint density at radius 2 is 1.95 bits per heavy atom. The minimum Gasteiger partial charge on any atom is -0.481 e. The fourth-order valence-corrected chi connectivity index (χ4v) is 2.89. The van der Waals surface area contributed by atoms with Gasteiger partial charge < -0.3 is 9.84 Å². The van der Waals surface area contributed by atoms with Crippen LogP contribution in [0.4, 0.5) is 4.79 Å². The molecule has 0 bridgehead atoms. The number of likely N-dealkylation sites (tertiary alicyclic amines) is 1. The summed E-state index contributed by atoms with van der Waals surface area (Å²) in [7, 11) is 0. The van der Waals surface area contributed by atoms with E-state index < -0.39 is 23.6 Å². The summed E-state index contributed by atoms with van der Waals surface area (Å²) < 4.78 is 5.46. The molecule has 1 aliphatic rings. The number of nitrogens with zero attached hydrogens (tertiary/aromatic N) is 1.